The Kier molecular flexibility index (Phi) is 7.35. The lowest BCUT2D eigenvalue weighted by Gasteiger charge is -2.14. The normalized spacial score (nSPS) is 15.6. The number of rotatable bonds is 8. The van der Waals surface area contributed by atoms with Gasteiger partial charge in [-0.1, -0.05) is 42.5 Å². The van der Waals surface area contributed by atoms with E-state index in [2.05, 4.69) is 4.74 Å². The molecule has 1 heterocycles. The van der Waals surface area contributed by atoms with Gasteiger partial charge in [-0.15, -0.1) is 0 Å². The number of carboxylic acids is 1. The monoisotopic (exact) mass is 392 g/mol. The standard InChI is InChI=1S/C18H19NO5S2/c1-24-17(23)13-8-6-12(7-9-13)11-14-16(22)19(18(25)26-14)10-4-2-3-5-15(20)21/h6-9,11H,2-5,10H2,1H3,(H,20,21)/p-1/b14-11-. The van der Waals surface area contributed by atoms with Gasteiger partial charge in [0.15, 0.2) is 0 Å². The van der Waals surface area contributed by atoms with E-state index in [4.69, 9.17) is 12.2 Å². The number of ether oxygens (including phenoxy) is 1. The number of benzene rings is 1. The van der Waals surface area contributed by atoms with Crippen molar-refractivity contribution in [3.63, 3.8) is 0 Å². The molecule has 0 spiro atoms. The van der Waals surface area contributed by atoms with Crippen LogP contribution in [0.4, 0.5) is 0 Å². The van der Waals surface area contributed by atoms with Gasteiger partial charge in [0.1, 0.15) is 4.32 Å². The molecule has 0 aliphatic carbocycles. The molecule has 1 aromatic carbocycles. The number of aliphatic carboxylic acids is 1. The molecular formula is C18H18NO5S2-. The van der Waals surface area contributed by atoms with Gasteiger partial charge in [-0.3, -0.25) is 9.69 Å². The molecule has 0 atom stereocenters. The van der Waals surface area contributed by atoms with E-state index in [1.165, 1.54) is 23.8 Å². The van der Waals surface area contributed by atoms with Crippen molar-refractivity contribution >= 4 is 52.2 Å². The highest BCUT2D eigenvalue weighted by molar-refractivity contribution is 8.26. The van der Waals surface area contributed by atoms with Crippen LogP contribution in [0.25, 0.3) is 6.08 Å². The van der Waals surface area contributed by atoms with E-state index in [0.29, 0.717) is 40.6 Å². The lowest BCUT2D eigenvalue weighted by Crippen LogP contribution is -2.29. The van der Waals surface area contributed by atoms with E-state index in [1.54, 1.807) is 30.3 Å². The number of unbranched alkanes of at least 4 members (excludes halogenated alkanes) is 2. The first kappa shape index (κ1) is 20.1. The number of methoxy groups -OCH3 is 1. The summed E-state index contributed by atoms with van der Waals surface area (Å²) >= 11 is 6.50. The molecule has 1 amide bonds. The Labute approximate surface area is 161 Å². The minimum atomic E-state index is -1.06. The maximum Gasteiger partial charge on any atom is 0.337 e. The molecule has 0 aromatic heterocycles. The molecule has 0 N–H and O–H groups in total. The van der Waals surface area contributed by atoms with Crippen LogP contribution in [-0.2, 0) is 14.3 Å². The Hall–Kier alpha value is -2.19. The highest BCUT2D eigenvalue weighted by Gasteiger charge is 2.31. The zero-order valence-corrected chi connectivity index (χ0v) is 15.9. The second kappa shape index (κ2) is 9.49. The smallest absolute Gasteiger partial charge is 0.337 e. The van der Waals surface area contributed by atoms with Gasteiger partial charge in [-0.25, -0.2) is 4.79 Å². The van der Waals surface area contributed by atoms with Crippen LogP contribution in [0.2, 0.25) is 0 Å². The van der Waals surface area contributed by atoms with Crippen molar-refractivity contribution in [1.82, 2.24) is 4.90 Å². The van der Waals surface area contributed by atoms with Crippen molar-refractivity contribution in [2.45, 2.75) is 25.7 Å². The first-order valence-electron chi connectivity index (χ1n) is 8.06. The lowest BCUT2D eigenvalue weighted by molar-refractivity contribution is -0.305. The van der Waals surface area contributed by atoms with Crippen LogP contribution in [0.3, 0.4) is 0 Å². The predicted molar refractivity (Wildman–Crippen MR) is 101 cm³/mol. The van der Waals surface area contributed by atoms with Crippen LogP contribution >= 0.6 is 24.0 Å². The highest BCUT2D eigenvalue weighted by atomic mass is 32.2. The van der Waals surface area contributed by atoms with Gasteiger partial charge in [0.2, 0.25) is 0 Å². The summed E-state index contributed by atoms with van der Waals surface area (Å²) in [6, 6.07) is 6.74. The molecule has 1 aliphatic heterocycles. The lowest BCUT2D eigenvalue weighted by atomic mass is 10.1. The molecule has 0 bridgehead atoms. The molecule has 0 unspecified atom stereocenters. The number of carbonyl (C=O) groups excluding carboxylic acids is 3. The van der Waals surface area contributed by atoms with Crippen molar-refractivity contribution in [2.75, 3.05) is 13.7 Å². The van der Waals surface area contributed by atoms with Gasteiger partial charge in [-0.05, 0) is 43.0 Å². The summed E-state index contributed by atoms with van der Waals surface area (Å²) in [5.41, 5.74) is 1.22. The van der Waals surface area contributed by atoms with Gasteiger partial charge >= 0.3 is 5.97 Å². The molecule has 0 radical (unpaired) electrons. The van der Waals surface area contributed by atoms with Gasteiger partial charge in [0.25, 0.3) is 5.91 Å². The fourth-order valence-corrected chi connectivity index (χ4v) is 3.70. The zero-order valence-electron chi connectivity index (χ0n) is 14.2. The third-order valence-corrected chi connectivity index (χ3v) is 5.14. The molecule has 1 aromatic rings. The van der Waals surface area contributed by atoms with E-state index in [9.17, 15) is 19.5 Å². The van der Waals surface area contributed by atoms with Crippen LogP contribution in [-0.4, -0.2) is 40.7 Å². The number of hydrogen-bond donors (Lipinski definition) is 0. The predicted octanol–water partition coefficient (Wildman–Crippen LogP) is 1.98. The minimum Gasteiger partial charge on any atom is -0.550 e. The summed E-state index contributed by atoms with van der Waals surface area (Å²) in [4.78, 5) is 36.4. The number of carbonyl (C=O) groups is 3. The third kappa shape index (κ3) is 5.40. The molecule has 8 heteroatoms. The summed E-state index contributed by atoms with van der Waals surface area (Å²) < 4.78 is 5.14. The quantitative estimate of drug-likeness (QED) is 0.289. The minimum absolute atomic E-state index is 0.0276. The Morgan fingerprint density at radius 3 is 2.54 bits per heavy atom. The van der Waals surface area contributed by atoms with Gasteiger partial charge in [0, 0.05) is 12.5 Å². The molecular weight excluding hydrogens is 374 g/mol. The van der Waals surface area contributed by atoms with Crippen LogP contribution in [0.1, 0.15) is 41.6 Å². The molecule has 138 valence electrons. The van der Waals surface area contributed by atoms with Crippen LogP contribution in [0.5, 0.6) is 0 Å². The molecule has 2 rings (SSSR count). The number of hydrogen-bond acceptors (Lipinski definition) is 7. The van der Waals surface area contributed by atoms with Gasteiger partial charge in [0.05, 0.1) is 17.6 Å². The van der Waals surface area contributed by atoms with E-state index >= 15 is 0 Å². The Bertz CT molecular complexity index is 742. The Balaban J connectivity index is 1.95. The van der Waals surface area contributed by atoms with E-state index in [0.717, 1.165) is 5.56 Å². The third-order valence-electron chi connectivity index (χ3n) is 3.77. The first-order valence-corrected chi connectivity index (χ1v) is 9.28. The molecule has 1 saturated heterocycles. The van der Waals surface area contributed by atoms with E-state index in [-0.39, 0.29) is 12.3 Å². The van der Waals surface area contributed by atoms with E-state index < -0.39 is 11.9 Å². The summed E-state index contributed by atoms with van der Waals surface area (Å²) in [6.07, 6.45) is 3.66. The summed E-state index contributed by atoms with van der Waals surface area (Å²) in [5.74, 6) is -1.63. The van der Waals surface area contributed by atoms with Gasteiger partial charge < -0.3 is 14.6 Å². The molecule has 0 saturated carbocycles. The van der Waals surface area contributed by atoms with E-state index in [1.807, 2.05) is 0 Å². The molecule has 6 nitrogen and oxygen atoms in total. The van der Waals surface area contributed by atoms with Crippen LogP contribution < -0.4 is 5.11 Å². The first-order chi connectivity index (χ1) is 12.4. The summed E-state index contributed by atoms with van der Waals surface area (Å²) in [7, 11) is 1.32. The molecule has 1 fully saturated rings. The second-order valence-corrected chi connectivity index (χ2v) is 7.31. The number of thiocarbonyl (C=S) groups is 1. The van der Waals surface area contributed by atoms with Crippen molar-refractivity contribution in [1.29, 1.82) is 0 Å². The largest absolute Gasteiger partial charge is 0.550 e. The van der Waals surface area contributed by atoms with Crippen LogP contribution in [0.15, 0.2) is 29.2 Å². The van der Waals surface area contributed by atoms with Crippen molar-refractivity contribution in [3.8, 4) is 0 Å². The van der Waals surface area contributed by atoms with Crippen molar-refractivity contribution in [3.05, 3.63) is 40.3 Å². The van der Waals surface area contributed by atoms with Crippen molar-refractivity contribution < 1.29 is 24.2 Å². The van der Waals surface area contributed by atoms with Gasteiger partial charge in [-0.2, -0.15) is 0 Å². The summed E-state index contributed by atoms with van der Waals surface area (Å²) in [5, 5.41) is 10.4. The second-order valence-electron chi connectivity index (χ2n) is 5.63. The maximum atomic E-state index is 12.5. The SMILES string of the molecule is COC(=O)c1ccc(/C=C2\SC(=S)N(CCCCCC(=O)[O-])C2=O)cc1. The maximum absolute atomic E-state index is 12.5. The fraction of sp³-hybridized carbons (Fsp3) is 0.333. The number of thioether (sulfide) groups is 1. The number of carboxylic acid groups (broad SMARTS) is 1. The zero-order chi connectivity index (χ0) is 19.1. The Morgan fingerprint density at radius 2 is 1.92 bits per heavy atom. The average molecular weight is 392 g/mol. The topological polar surface area (TPSA) is 86.7 Å². The summed E-state index contributed by atoms with van der Waals surface area (Å²) in [6.45, 7) is 0.469. The van der Waals surface area contributed by atoms with Crippen LogP contribution in [0, 0.1) is 0 Å². The number of esters is 1. The fourth-order valence-electron chi connectivity index (χ4n) is 2.39. The highest BCUT2D eigenvalue weighted by Crippen LogP contribution is 2.32. The van der Waals surface area contributed by atoms with Crippen molar-refractivity contribution in [2.24, 2.45) is 0 Å². The number of amides is 1. The average Bonchev–Trinajstić information content (AvgIpc) is 2.88. The molecule has 26 heavy (non-hydrogen) atoms. The Morgan fingerprint density at radius 1 is 1.23 bits per heavy atom. The number of nitrogens with zero attached hydrogens (tertiary/aromatic N) is 1. The molecule has 1 aliphatic rings.